The Bertz CT molecular complexity index is 981. The van der Waals surface area contributed by atoms with Crippen LogP contribution in [0.3, 0.4) is 0 Å². The standard InChI is InChI=1S/C19H18N2O6/c1-11(18(22)21-14-9-12(24-2)7-8-15(14)25-3)27-19(23)13-5-4-6-16-17(13)20-10-26-16/h4-11H,1-3H3,(H,21,22). The molecular weight excluding hydrogens is 352 g/mol. The number of hydrogen-bond donors (Lipinski definition) is 1. The fraction of sp³-hybridized carbons (Fsp3) is 0.211. The highest BCUT2D eigenvalue weighted by atomic mass is 16.5. The van der Waals surface area contributed by atoms with Crippen molar-refractivity contribution in [2.24, 2.45) is 0 Å². The normalized spacial score (nSPS) is 11.7. The van der Waals surface area contributed by atoms with E-state index in [0.717, 1.165) is 0 Å². The van der Waals surface area contributed by atoms with Crippen molar-refractivity contribution < 1.29 is 28.2 Å². The SMILES string of the molecule is COc1ccc(OC)c(NC(=O)C(C)OC(=O)c2cccc3ocnc23)c1. The molecule has 1 unspecified atom stereocenters. The highest BCUT2D eigenvalue weighted by Crippen LogP contribution is 2.29. The van der Waals surface area contributed by atoms with Crippen molar-refractivity contribution >= 4 is 28.7 Å². The molecule has 0 bridgehead atoms. The molecule has 0 radical (unpaired) electrons. The first-order valence-corrected chi connectivity index (χ1v) is 8.09. The van der Waals surface area contributed by atoms with Crippen LogP contribution < -0.4 is 14.8 Å². The zero-order valence-electron chi connectivity index (χ0n) is 15.0. The molecule has 0 aliphatic heterocycles. The molecule has 2 aromatic carbocycles. The highest BCUT2D eigenvalue weighted by Gasteiger charge is 2.22. The largest absolute Gasteiger partial charge is 0.497 e. The number of ether oxygens (including phenoxy) is 3. The smallest absolute Gasteiger partial charge is 0.341 e. The van der Waals surface area contributed by atoms with E-state index >= 15 is 0 Å². The molecule has 27 heavy (non-hydrogen) atoms. The number of nitrogens with zero attached hydrogens (tertiary/aromatic N) is 1. The molecule has 1 atom stereocenters. The summed E-state index contributed by atoms with van der Waals surface area (Å²) in [7, 11) is 3.00. The van der Waals surface area contributed by atoms with Crippen LogP contribution in [0.2, 0.25) is 0 Å². The molecule has 8 heteroatoms. The van der Waals surface area contributed by atoms with Crippen LogP contribution in [0.15, 0.2) is 47.2 Å². The lowest BCUT2D eigenvalue weighted by Crippen LogP contribution is -2.30. The number of benzene rings is 2. The lowest BCUT2D eigenvalue weighted by atomic mass is 10.2. The van der Waals surface area contributed by atoms with Gasteiger partial charge in [-0.15, -0.1) is 0 Å². The number of carbonyl (C=O) groups is 2. The van der Waals surface area contributed by atoms with Gasteiger partial charge in [-0.25, -0.2) is 9.78 Å². The molecule has 1 amide bonds. The van der Waals surface area contributed by atoms with Gasteiger partial charge in [0.25, 0.3) is 5.91 Å². The number of carbonyl (C=O) groups excluding carboxylic acids is 2. The third kappa shape index (κ3) is 3.84. The maximum absolute atomic E-state index is 12.4. The number of rotatable bonds is 6. The molecule has 0 spiro atoms. The Balaban J connectivity index is 1.73. The summed E-state index contributed by atoms with van der Waals surface area (Å²) in [5.74, 6) is -0.180. The average Bonchev–Trinajstić information content (AvgIpc) is 3.16. The number of aromatic nitrogens is 1. The van der Waals surface area contributed by atoms with E-state index in [1.54, 1.807) is 36.4 Å². The van der Waals surface area contributed by atoms with Gasteiger partial charge >= 0.3 is 5.97 Å². The molecule has 140 valence electrons. The predicted octanol–water partition coefficient (Wildman–Crippen LogP) is 3.03. The van der Waals surface area contributed by atoms with Gasteiger partial charge in [0.2, 0.25) is 0 Å². The minimum atomic E-state index is -1.05. The Morgan fingerprint density at radius 3 is 2.70 bits per heavy atom. The van der Waals surface area contributed by atoms with Crippen molar-refractivity contribution in [2.75, 3.05) is 19.5 Å². The summed E-state index contributed by atoms with van der Waals surface area (Å²) in [6.07, 6.45) is 0.197. The van der Waals surface area contributed by atoms with E-state index in [1.807, 2.05) is 0 Å². The fourth-order valence-electron chi connectivity index (χ4n) is 2.47. The molecule has 0 fully saturated rings. The zero-order chi connectivity index (χ0) is 19.4. The molecule has 1 N–H and O–H groups in total. The van der Waals surface area contributed by atoms with Crippen LogP contribution in [0.1, 0.15) is 17.3 Å². The summed E-state index contributed by atoms with van der Waals surface area (Å²) in [5, 5.41) is 2.67. The second kappa shape index (κ2) is 7.77. The lowest BCUT2D eigenvalue weighted by Gasteiger charge is -2.16. The Hall–Kier alpha value is -3.55. The van der Waals surface area contributed by atoms with E-state index in [9.17, 15) is 9.59 Å². The number of anilines is 1. The highest BCUT2D eigenvalue weighted by molar-refractivity contribution is 6.03. The molecular formula is C19H18N2O6. The lowest BCUT2D eigenvalue weighted by molar-refractivity contribution is -0.123. The monoisotopic (exact) mass is 370 g/mol. The number of nitrogens with one attached hydrogen (secondary N) is 1. The Kier molecular flexibility index (Phi) is 5.25. The van der Waals surface area contributed by atoms with E-state index in [4.69, 9.17) is 18.6 Å². The van der Waals surface area contributed by atoms with Gasteiger partial charge in [0.1, 0.15) is 17.0 Å². The second-order valence-electron chi connectivity index (χ2n) is 5.61. The topological polar surface area (TPSA) is 99.9 Å². The van der Waals surface area contributed by atoms with Crippen LogP contribution in [-0.4, -0.2) is 37.2 Å². The number of methoxy groups -OCH3 is 2. The van der Waals surface area contributed by atoms with Crippen molar-refractivity contribution in [3.05, 3.63) is 48.4 Å². The van der Waals surface area contributed by atoms with Gasteiger partial charge < -0.3 is 23.9 Å². The Morgan fingerprint density at radius 1 is 1.15 bits per heavy atom. The van der Waals surface area contributed by atoms with E-state index in [0.29, 0.717) is 28.3 Å². The number of amides is 1. The van der Waals surface area contributed by atoms with Crippen molar-refractivity contribution in [3.8, 4) is 11.5 Å². The first-order valence-electron chi connectivity index (χ1n) is 8.09. The van der Waals surface area contributed by atoms with Crippen molar-refractivity contribution in [1.82, 2.24) is 4.98 Å². The van der Waals surface area contributed by atoms with Gasteiger partial charge in [-0.1, -0.05) is 6.07 Å². The maximum atomic E-state index is 12.4. The molecule has 0 aliphatic carbocycles. The molecule has 0 aliphatic rings. The van der Waals surface area contributed by atoms with Crippen LogP contribution in [-0.2, 0) is 9.53 Å². The number of oxazole rings is 1. The molecule has 8 nitrogen and oxygen atoms in total. The van der Waals surface area contributed by atoms with E-state index in [2.05, 4.69) is 10.3 Å². The summed E-state index contributed by atoms with van der Waals surface area (Å²) < 4.78 is 20.8. The van der Waals surface area contributed by atoms with Crippen LogP contribution >= 0.6 is 0 Å². The van der Waals surface area contributed by atoms with Gasteiger partial charge in [0.05, 0.1) is 25.5 Å². The predicted molar refractivity (Wildman–Crippen MR) is 97.1 cm³/mol. The molecule has 0 saturated heterocycles. The van der Waals surface area contributed by atoms with Gasteiger partial charge in [-0.3, -0.25) is 4.79 Å². The summed E-state index contributed by atoms with van der Waals surface area (Å²) in [6.45, 7) is 1.48. The first-order chi connectivity index (χ1) is 13.0. The summed E-state index contributed by atoms with van der Waals surface area (Å²) in [6, 6.07) is 9.87. The summed E-state index contributed by atoms with van der Waals surface area (Å²) in [5.41, 5.74) is 1.47. The van der Waals surface area contributed by atoms with Crippen molar-refractivity contribution in [3.63, 3.8) is 0 Å². The van der Waals surface area contributed by atoms with Gasteiger partial charge in [-0.2, -0.15) is 0 Å². The third-order valence-electron chi connectivity index (χ3n) is 3.90. The maximum Gasteiger partial charge on any atom is 0.341 e. The first kappa shape index (κ1) is 18.2. The fourth-order valence-corrected chi connectivity index (χ4v) is 2.47. The van der Waals surface area contributed by atoms with Crippen molar-refractivity contribution in [2.45, 2.75) is 13.0 Å². The van der Waals surface area contributed by atoms with Crippen LogP contribution in [0.4, 0.5) is 5.69 Å². The average molecular weight is 370 g/mol. The van der Waals surface area contributed by atoms with Crippen LogP contribution in [0.5, 0.6) is 11.5 Å². The second-order valence-corrected chi connectivity index (χ2v) is 5.61. The molecule has 1 aromatic heterocycles. The Morgan fingerprint density at radius 2 is 1.96 bits per heavy atom. The summed E-state index contributed by atoms with van der Waals surface area (Å²) >= 11 is 0. The number of fused-ring (bicyclic) bond motifs is 1. The van der Waals surface area contributed by atoms with Crippen molar-refractivity contribution in [1.29, 1.82) is 0 Å². The molecule has 3 rings (SSSR count). The van der Waals surface area contributed by atoms with Gasteiger partial charge in [0, 0.05) is 6.07 Å². The minimum Gasteiger partial charge on any atom is -0.497 e. The van der Waals surface area contributed by atoms with E-state index in [-0.39, 0.29) is 5.56 Å². The zero-order valence-corrected chi connectivity index (χ0v) is 15.0. The van der Waals surface area contributed by atoms with E-state index < -0.39 is 18.0 Å². The third-order valence-corrected chi connectivity index (χ3v) is 3.90. The number of esters is 1. The van der Waals surface area contributed by atoms with E-state index in [1.165, 1.54) is 27.5 Å². The number of para-hydroxylation sites is 1. The van der Waals surface area contributed by atoms with Gasteiger partial charge in [0.15, 0.2) is 18.1 Å². The minimum absolute atomic E-state index is 0.222. The Labute approximate surface area is 155 Å². The van der Waals surface area contributed by atoms with Crippen LogP contribution in [0.25, 0.3) is 11.1 Å². The molecule has 0 saturated carbocycles. The molecule has 3 aromatic rings. The van der Waals surface area contributed by atoms with Gasteiger partial charge in [-0.05, 0) is 31.2 Å². The number of hydrogen-bond acceptors (Lipinski definition) is 7. The summed E-state index contributed by atoms with van der Waals surface area (Å²) in [4.78, 5) is 28.9. The quantitative estimate of drug-likeness (QED) is 0.666. The molecule has 1 heterocycles. The van der Waals surface area contributed by atoms with Crippen LogP contribution in [0, 0.1) is 0 Å².